The minimum absolute atomic E-state index is 0.546. The van der Waals surface area contributed by atoms with Gasteiger partial charge in [0.15, 0.2) is 5.78 Å². The van der Waals surface area contributed by atoms with Crippen molar-refractivity contribution in [2.24, 2.45) is 0 Å². The van der Waals surface area contributed by atoms with Gasteiger partial charge in [-0.15, -0.1) is 0 Å². The van der Waals surface area contributed by atoms with Gasteiger partial charge >= 0.3 is 0 Å². The quantitative estimate of drug-likeness (QED) is 0.353. The highest BCUT2D eigenvalue weighted by Crippen LogP contribution is 2.11. The molecule has 0 aromatic heterocycles. The van der Waals surface area contributed by atoms with Crippen LogP contribution in [-0.4, -0.2) is 67.2 Å². The van der Waals surface area contributed by atoms with E-state index in [1.807, 2.05) is 0 Å². The van der Waals surface area contributed by atoms with E-state index in [4.69, 9.17) is 15.3 Å². The molecule has 7 heteroatoms. The topological polar surface area (TPSA) is 118 Å². The molecule has 0 spiro atoms. The van der Waals surface area contributed by atoms with Crippen molar-refractivity contribution >= 4 is 21.7 Å². The molecule has 5 N–H and O–H groups in total. The lowest BCUT2D eigenvalue weighted by atomic mass is 10.00. The lowest BCUT2D eigenvalue weighted by Crippen LogP contribution is -2.48. The first-order valence-electron chi connectivity index (χ1n) is 4.33. The maximum absolute atomic E-state index is 11.2. The van der Waals surface area contributed by atoms with Crippen LogP contribution < -0.4 is 0 Å². The van der Waals surface area contributed by atoms with Gasteiger partial charge in [-0.05, 0) is 0 Å². The number of aliphatic hydroxyl groups excluding tert-OH is 5. The van der Waals surface area contributed by atoms with Crippen molar-refractivity contribution in [1.29, 1.82) is 0 Å². The van der Waals surface area contributed by atoms with Crippen molar-refractivity contribution in [2.45, 2.75) is 36.2 Å². The van der Waals surface area contributed by atoms with Gasteiger partial charge in [-0.1, -0.05) is 22.9 Å². The minimum atomic E-state index is -1.91. The van der Waals surface area contributed by atoms with E-state index >= 15 is 0 Å². The Labute approximate surface area is 95.3 Å². The number of rotatable bonds is 6. The molecule has 0 saturated carbocycles. The number of hydrogen-bond acceptors (Lipinski definition) is 6. The number of ketones is 1. The zero-order valence-electron chi connectivity index (χ0n) is 8.12. The predicted molar refractivity (Wildman–Crippen MR) is 54.5 cm³/mol. The van der Waals surface area contributed by atoms with E-state index in [2.05, 4.69) is 15.9 Å². The van der Waals surface area contributed by atoms with Gasteiger partial charge in [0.05, 0.1) is 12.7 Å². The second kappa shape index (κ2) is 6.51. The monoisotopic (exact) mass is 286 g/mol. The van der Waals surface area contributed by atoms with E-state index in [1.54, 1.807) is 0 Å². The number of aliphatic hydroxyl groups is 5. The molecule has 0 amide bonds. The summed E-state index contributed by atoms with van der Waals surface area (Å²) in [5.74, 6) is -1.13. The lowest BCUT2D eigenvalue weighted by molar-refractivity contribution is -0.148. The summed E-state index contributed by atoms with van der Waals surface area (Å²) < 4.78 is 0. The SMILES string of the molecule is CC(Br)C(O)[C@H](O)C(=O)[C@H](O)[C@H](O)CO. The van der Waals surface area contributed by atoms with E-state index in [0.29, 0.717) is 0 Å². The smallest absolute Gasteiger partial charge is 0.195 e. The molecule has 0 fully saturated rings. The van der Waals surface area contributed by atoms with Gasteiger partial charge in [0.2, 0.25) is 0 Å². The van der Waals surface area contributed by atoms with Gasteiger partial charge in [-0.3, -0.25) is 4.79 Å². The molecule has 0 heterocycles. The number of carbonyl (C=O) groups excluding carboxylic acids is 1. The normalized spacial score (nSPS) is 21.5. The van der Waals surface area contributed by atoms with Crippen LogP contribution in [-0.2, 0) is 4.79 Å². The Kier molecular flexibility index (Phi) is 6.49. The average molecular weight is 287 g/mol. The molecular formula is C8H15BrO6. The molecule has 0 rings (SSSR count). The van der Waals surface area contributed by atoms with Gasteiger partial charge in [-0.2, -0.15) is 0 Å². The van der Waals surface area contributed by atoms with E-state index in [9.17, 15) is 15.0 Å². The number of hydrogen-bond donors (Lipinski definition) is 5. The summed E-state index contributed by atoms with van der Waals surface area (Å²) in [5.41, 5.74) is 0. The van der Waals surface area contributed by atoms with Gasteiger partial charge in [0, 0.05) is 4.83 Å². The van der Waals surface area contributed by atoms with Crippen LogP contribution in [0.1, 0.15) is 6.92 Å². The number of alkyl halides is 1. The molecule has 0 aliphatic carbocycles. The highest BCUT2D eigenvalue weighted by molar-refractivity contribution is 9.09. The van der Waals surface area contributed by atoms with Crippen LogP contribution in [0.15, 0.2) is 0 Å². The summed E-state index contributed by atoms with van der Waals surface area (Å²) >= 11 is 2.96. The van der Waals surface area contributed by atoms with Gasteiger partial charge < -0.3 is 25.5 Å². The van der Waals surface area contributed by atoms with Crippen molar-refractivity contribution in [1.82, 2.24) is 0 Å². The highest BCUT2D eigenvalue weighted by atomic mass is 79.9. The third-order valence-electron chi connectivity index (χ3n) is 1.93. The Morgan fingerprint density at radius 3 is 2.00 bits per heavy atom. The van der Waals surface area contributed by atoms with Crippen molar-refractivity contribution in [3.05, 3.63) is 0 Å². The fourth-order valence-electron chi connectivity index (χ4n) is 0.884. The molecule has 5 atom stereocenters. The Balaban J connectivity index is 4.43. The summed E-state index contributed by atoms with van der Waals surface area (Å²) in [4.78, 5) is 10.7. The molecule has 0 bridgehead atoms. The first kappa shape index (κ1) is 14.9. The molecule has 15 heavy (non-hydrogen) atoms. The molecule has 0 aromatic carbocycles. The molecule has 6 nitrogen and oxygen atoms in total. The molecule has 90 valence electrons. The standard InChI is InChI=1S/C8H15BrO6/c1-3(9)5(12)7(14)8(15)6(13)4(11)2-10/h3-7,10-14H,2H2,1H3/t3?,4-,5?,6-,7+/m1/s1. The van der Waals surface area contributed by atoms with E-state index in [-0.39, 0.29) is 0 Å². The zero-order chi connectivity index (χ0) is 12.2. The van der Waals surface area contributed by atoms with Crippen molar-refractivity contribution in [3.63, 3.8) is 0 Å². The number of Topliss-reactive ketones (excluding diaryl/α,β-unsaturated/α-hetero) is 1. The predicted octanol–water partition coefficient (Wildman–Crippen LogP) is -2.23. The molecule has 0 saturated heterocycles. The van der Waals surface area contributed by atoms with Gasteiger partial charge in [0.25, 0.3) is 0 Å². The average Bonchev–Trinajstić information content (AvgIpc) is 2.23. The summed E-state index contributed by atoms with van der Waals surface area (Å²) in [7, 11) is 0. The highest BCUT2D eigenvalue weighted by Gasteiger charge is 2.34. The molecular weight excluding hydrogens is 272 g/mol. The molecule has 2 unspecified atom stereocenters. The van der Waals surface area contributed by atoms with Crippen molar-refractivity contribution < 1.29 is 30.3 Å². The molecule has 0 aliphatic rings. The Morgan fingerprint density at radius 2 is 1.67 bits per heavy atom. The van der Waals surface area contributed by atoms with E-state index in [0.717, 1.165) is 0 Å². The summed E-state index contributed by atoms with van der Waals surface area (Å²) in [6.07, 6.45) is -6.77. The maximum Gasteiger partial charge on any atom is 0.195 e. The van der Waals surface area contributed by atoms with Crippen molar-refractivity contribution in [2.75, 3.05) is 6.61 Å². The number of carbonyl (C=O) groups is 1. The first-order chi connectivity index (χ1) is 6.82. The zero-order valence-corrected chi connectivity index (χ0v) is 9.70. The Bertz CT molecular complexity index is 209. The maximum atomic E-state index is 11.2. The fourth-order valence-corrected chi connectivity index (χ4v) is 1.17. The van der Waals surface area contributed by atoms with E-state index < -0.39 is 41.6 Å². The summed E-state index contributed by atoms with van der Waals surface area (Å²) in [6, 6.07) is 0. The second-order valence-electron chi connectivity index (χ2n) is 3.21. The number of halogens is 1. The minimum Gasteiger partial charge on any atom is -0.394 e. The van der Waals surface area contributed by atoms with E-state index in [1.165, 1.54) is 6.92 Å². The van der Waals surface area contributed by atoms with Crippen LogP contribution in [0.25, 0.3) is 0 Å². The fraction of sp³-hybridized carbons (Fsp3) is 0.875. The Morgan fingerprint density at radius 1 is 1.20 bits per heavy atom. The van der Waals surface area contributed by atoms with Crippen LogP contribution in [0.3, 0.4) is 0 Å². The largest absolute Gasteiger partial charge is 0.394 e. The van der Waals surface area contributed by atoms with Crippen LogP contribution in [0.5, 0.6) is 0 Å². The third kappa shape index (κ3) is 4.13. The lowest BCUT2D eigenvalue weighted by Gasteiger charge is -2.22. The Hall–Kier alpha value is -0.0500. The summed E-state index contributed by atoms with van der Waals surface area (Å²) in [5, 5.41) is 45.1. The first-order valence-corrected chi connectivity index (χ1v) is 5.25. The van der Waals surface area contributed by atoms with Crippen LogP contribution in [0.4, 0.5) is 0 Å². The molecule has 0 aromatic rings. The molecule has 0 aliphatic heterocycles. The second-order valence-corrected chi connectivity index (χ2v) is 4.65. The van der Waals surface area contributed by atoms with Crippen molar-refractivity contribution in [3.8, 4) is 0 Å². The summed E-state index contributed by atoms with van der Waals surface area (Å²) in [6.45, 7) is 0.704. The van der Waals surface area contributed by atoms with Gasteiger partial charge in [-0.25, -0.2) is 0 Å². The van der Waals surface area contributed by atoms with Crippen LogP contribution >= 0.6 is 15.9 Å². The molecule has 0 radical (unpaired) electrons. The van der Waals surface area contributed by atoms with Gasteiger partial charge in [0.1, 0.15) is 18.3 Å². The van der Waals surface area contributed by atoms with Crippen LogP contribution in [0.2, 0.25) is 0 Å². The van der Waals surface area contributed by atoms with Crippen LogP contribution in [0, 0.1) is 0 Å². The third-order valence-corrected chi connectivity index (χ3v) is 2.47.